The zero-order valence-electron chi connectivity index (χ0n) is 11.5. The van der Waals surface area contributed by atoms with Gasteiger partial charge in [-0.2, -0.15) is 13.2 Å². The molecular weight excluding hydrogens is 317 g/mol. The Hall–Kier alpha value is -2.29. The minimum atomic E-state index is -4.44. The van der Waals surface area contributed by atoms with Crippen molar-refractivity contribution in [3.05, 3.63) is 40.3 Å². The molecule has 2 rings (SSSR count). The average Bonchev–Trinajstić information content (AvgIpc) is 2.95. The third-order valence-electron chi connectivity index (χ3n) is 2.60. The number of hydrogen-bond acceptors (Lipinski definition) is 4. The summed E-state index contributed by atoms with van der Waals surface area (Å²) in [6.45, 7) is -0.0330. The highest BCUT2D eigenvalue weighted by Crippen LogP contribution is 2.30. The lowest BCUT2D eigenvalue weighted by molar-refractivity contribution is -0.140. The van der Waals surface area contributed by atoms with E-state index in [0.717, 1.165) is 16.7 Å². The van der Waals surface area contributed by atoms with Crippen molar-refractivity contribution in [1.29, 1.82) is 0 Å². The lowest BCUT2D eigenvalue weighted by Crippen LogP contribution is -2.22. The van der Waals surface area contributed by atoms with Gasteiger partial charge in [-0.05, 0) is 12.1 Å². The molecule has 1 aromatic heterocycles. The summed E-state index contributed by atoms with van der Waals surface area (Å²) >= 11 is 0.886. The molecule has 0 bridgehead atoms. The van der Waals surface area contributed by atoms with Crippen LogP contribution in [0.4, 0.5) is 18.9 Å². The Balaban J connectivity index is 2.02. The van der Waals surface area contributed by atoms with E-state index in [0.29, 0.717) is 11.4 Å². The van der Waals surface area contributed by atoms with E-state index in [1.165, 1.54) is 7.11 Å². The summed E-state index contributed by atoms with van der Waals surface area (Å²) in [6, 6.07) is 7.07. The average molecular weight is 330 g/mol. The maximum atomic E-state index is 12.4. The van der Waals surface area contributed by atoms with Crippen LogP contribution in [0.2, 0.25) is 0 Å². The molecule has 0 saturated heterocycles. The van der Waals surface area contributed by atoms with Crippen LogP contribution in [0.25, 0.3) is 0 Å². The molecule has 0 aliphatic carbocycles. The Morgan fingerprint density at radius 2 is 2.14 bits per heavy atom. The van der Waals surface area contributed by atoms with Crippen molar-refractivity contribution in [2.45, 2.75) is 12.7 Å². The van der Waals surface area contributed by atoms with Crippen molar-refractivity contribution in [3.63, 3.8) is 0 Å². The summed E-state index contributed by atoms with van der Waals surface area (Å²) in [5.74, 6) is 0.641. The number of ether oxygens (including phenoxy) is 1. The number of guanidine groups is 1. The van der Waals surface area contributed by atoms with Crippen molar-refractivity contribution in [2.24, 2.45) is 10.7 Å². The van der Waals surface area contributed by atoms with Gasteiger partial charge in [-0.3, -0.25) is 0 Å². The molecule has 118 valence electrons. The van der Waals surface area contributed by atoms with E-state index in [2.05, 4.69) is 15.3 Å². The molecule has 0 radical (unpaired) electrons. The van der Waals surface area contributed by atoms with Gasteiger partial charge in [0, 0.05) is 5.38 Å². The first-order valence-corrected chi connectivity index (χ1v) is 6.99. The molecule has 1 heterocycles. The van der Waals surface area contributed by atoms with Gasteiger partial charge in [0.25, 0.3) is 0 Å². The highest BCUT2D eigenvalue weighted by molar-refractivity contribution is 7.09. The molecule has 0 aliphatic rings. The molecule has 0 amide bonds. The first kappa shape index (κ1) is 16.1. The molecule has 0 aliphatic heterocycles. The number of nitrogens with one attached hydrogen (secondary N) is 1. The second kappa shape index (κ2) is 6.65. The number of anilines is 1. The van der Waals surface area contributed by atoms with Crippen LogP contribution in [0.3, 0.4) is 0 Å². The Kier molecular flexibility index (Phi) is 4.86. The summed E-state index contributed by atoms with van der Waals surface area (Å²) in [4.78, 5) is 7.44. The quantitative estimate of drug-likeness (QED) is 0.667. The third kappa shape index (κ3) is 4.10. The molecule has 1 aromatic carbocycles. The van der Waals surface area contributed by atoms with E-state index in [9.17, 15) is 13.2 Å². The van der Waals surface area contributed by atoms with Crippen LogP contribution in [0, 0.1) is 0 Å². The van der Waals surface area contributed by atoms with Gasteiger partial charge in [0.15, 0.2) is 11.7 Å². The fourth-order valence-corrected chi connectivity index (χ4v) is 2.32. The zero-order valence-corrected chi connectivity index (χ0v) is 12.3. The highest BCUT2D eigenvalue weighted by Gasteiger charge is 2.33. The number of para-hydroxylation sites is 2. The summed E-state index contributed by atoms with van der Waals surface area (Å²) in [5.41, 5.74) is 5.40. The molecule has 22 heavy (non-hydrogen) atoms. The van der Waals surface area contributed by atoms with Gasteiger partial charge >= 0.3 is 6.18 Å². The van der Waals surface area contributed by atoms with Crippen molar-refractivity contribution >= 4 is 23.0 Å². The molecule has 9 heteroatoms. The highest BCUT2D eigenvalue weighted by atomic mass is 32.1. The normalized spacial score (nSPS) is 12.3. The van der Waals surface area contributed by atoms with Crippen LogP contribution in [-0.4, -0.2) is 18.1 Å². The lowest BCUT2D eigenvalue weighted by atomic mass is 10.3. The van der Waals surface area contributed by atoms with E-state index in [1.807, 2.05) is 0 Å². The first-order chi connectivity index (χ1) is 10.4. The minimum Gasteiger partial charge on any atom is -0.495 e. The number of methoxy groups -OCH3 is 1. The van der Waals surface area contributed by atoms with Gasteiger partial charge in [0.05, 0.1) is 19.3 Å². The predicted octanol–water partition coefficient (Wildman–Crippen LogP) is 3.10. The largest absolute Gasteiger partial charge is 0.495 e. The van der Waals surface area contributed by atoms with Crippen molar-refractivity contribution in [1.82, 2.24) is 4.98 Å². The summed E-state index contributed by atoms with van der Waals surface area (Å²) in [5, 5.41) is 4.01. The Morgan fingerprint density at radius 1 is 1.41 bits per heavy atom. The molecule has 0 unspecified atom stereocenters. The fraction of sp³-hybridized carbons (Fsp3) is 0.231. The number of thiazole rings is 1. The second-order valence-electron chi connectivity index (χ2n) is 4.15. The van der Waals surface area contributed by atoms with Crippen LogP contribution in [0.15, 0.2) is 34.6 Å². The molecule has 0 saturated carbocycles. The fourth-order valence-electron chi connectivity index (χ4n) is 1.59. The number of aromatic nitrogens is 1. The van der Waals surface area contributed by atoms with Crippen molar-refractivity contribution in [2.75, 3.05) is 12.4 Å². The number of alkyl halides is 3. The number of nitrogens with two attached hydrogens (primary N) is 1. The molecule has 0 atom stereocenters. The molecule has 0 spiro atoms. The van der Waals surface area contributed by atoms with Gasteiger partial charge in [-0.15, -0.1) is 11.3 Å². The summed E-state index contributed by atoms with van der Waals surface area (Å²) < 4.78 is 42.4. The Labute approximate surface area is 128 Å². The Bertz CT molecular complexity index is 669. The molecule has 3 N–H and O–H groups in total. The van der Waals surface area contributed by atoms with Gasteiger partial charge in [-0.1, -0.05) is 12.1 Å². The second-order valence-corrected chi connectivity index (χ2v) is 5.09. The first-order valence-electron chi connectivity index (χ1n) is 6.11. The van der Waals surface area contributed by atoms with Crippen LogP contribution in [0.1, 0.15) is 10.7 Å². The van der Waals surface area contributed by atoms with E-state index >= 15 is 0 Å². The maximum Gasteiger partial charge on any atom is 0.434 e. The van der Waals surface area contributed by atoms with Gasteiger partial charge in [-0.25, -0.2) is 9.98 Å². The number of halogens is 3. The molecule has 2 aromatic rings. The lowest BCUT2D eigenvalue weighted by Gasteiger charge is -2.09. The van der Waals surface area contributed by atoms with Gasteiger partial charge < -0.3 is 15.8 Å². The van der Waals surface area contributed by atoms with Crippen molar-refractivity contribution < 1.29 is 17.9 Å². The van der Waals surface area contributed by atoms with Crippen LogP contribution in [0.5, 0.6) is 5.75 Å². The van der Waals surface area contributed by atoms with Gasteiger partial charge in [0.2, 0.25) is 0 Å². The summed E-state index contributed by atoms with van der Waals surface area (Å²) in [6.07, 6.45) is -4.44. The van der Waals surface area contributed by atoms with E-state index in [1.54, 1.807) is 24.3 Å². The van der Waals surface area contributed by atoms with Gasteiger partial charge in [0.1, 0.15) is 10.8 Å². The third-order valence-corrected chi connectivity index (χ3v) is 3.43. The van der Waals surface area contributed by atoms with E-state index in [4.69, 9.17) is 10.5 Å². The monoisotopic (exact) mass is 330 g/mol. The number of benzene rings is 1. The molecular formula is C13H13F3N4OS. The van der Waals surface area contributed by atoms with Crippen LogP contribution in [-0.2, 0) is 12.7 Å². The molecule has 0 fully saturated rings. The number of aliphatic imine (C=N–C) groups is 1. The van der Waals surface area contributed by atoms with Crippen LogP contribution < -0.4 is 15.8 Å². The van der Waals surface area contributed by atoms with E-state index < -0.39 is 11.9 Å². The maximum absolute atomic E-state index is 12.4. The predicted molar refractivity (Wildman–Crippen MR) is 79.1 cm³/mol. The standard InChI is InChI=1S/C13H13F3N4OS/c1-21-9-5-3-2-4-8(9)19-12(17)18-6-11-20-10(7-22-11)13(14,15)16/h2-5,7H,6H2,1H3,(H3,17,18,19). The number of nitrogens with zero attached hydrogens (tertiary/aromatic N) is 2. The zero-order chi connectivity index (χ0) is 16.2. The summed E-state index contributed by atoms with van der Waals surface area (Å²) in [7, 11) is 1.52. The topological polar surface area (TPSA) is 72.5 Å². The Morgan fingerprint density at radius 3 is 2.77 bits per heavy atom. The SMILES string of the molecule is COc1ccccc1NC(N)=NCc1nc(C(F)(F)F)cs1. The minimum absolute atomic E-state index is 0.0330. The van der Waals surface area contributed by atoms with Crippen LogP contribution >= 0.6 is 11.3 Å². The van der Waals surface area contributed by atoms with E-state index in [-0.39, 0.29) is 17.5 Å². The number of hydrogen-bond donors (Lipinski definition) is 2. The van der Waals surface area contributed by atoms with Crippen molar-refractivity contribution in [3.8, 4) is 5.75 Å². The molecule has 5 nitrogen and oxygen atoms in total. The number of rotatable bonds is 4. The smallest absolute Gasteiger partial charge is 0.434 e.